The van der Waals surface area contributed by atoms with Crippen LogP contribution in [0.5, 0.6) is 0 Å². The number of anilines is 2. The van der Waals surface area contributed by atoms with Crippen LogP contribution in [-0.2, 0) is 9.53 Å². The molecule has 1 amide bonds. The molecule has 166 valence electrons. The second-order valence-corrected chi connectivity index (χ2v) is 8.64. The third-order valence-corrected chi connectivity index (χ3v) is 6.15. The number of nitrogens with zero attached hydrogens (tertiary/aromatic N) is 3. The summed E-state index contributed by atoms with van der Waals surface area (Å²) in [5, 5.41) is 7.36. The molecule has 1 saturated heterocycles. The van der Waals surface area contributed by atoms with E-state index in [1.165, 1.54) is 0 Å². The molecule has 3 aromatic rings. The van der Waals surface area contributed by atoms with E-state index in [-0.39, 0.29) is 11.8 Å². The van der Waals surface area contributed by atoms with Gasteiger partial charge in [0.2, 0.25) is 11.9 Å². The Kier molecular flexibility index (Phi) is 6.01. The van der Waals surface area contributed by atoms with Crippen molar-refractivity contribution in [3.05, 3.63) is 48.2 Å². The minimum absolute atomic E-state index is 0.134. The van der Waals surface area contributed by atoms with Crippen molar-refractivity contribution in [2.24, 2.45) is 5.92 Å². The number of hydrogen-bond acceptors (Lipinski definition) is 6. The molecule has 2 heterocycles. The summed E-state index contributed by atoms with van der Waals surface area (Å²) in [5.74, 6) is 0.994. The normalized spacial score (nSPS) is 16.8. The Morgan fingerprint density at radius 2 is 2.00 bits per heavy atom. The SMILES string of the molecule is Cc1cc(NC(=O)C2CC2)ccc1-c1ccc2nc(NCCN3CCOCC3)ncc2c1. The lowest BCUT2D eigenvalue weighted by atomic mass is 9.99. The fourth-order valence-electron chi connectivity index (χ4n) is 4.09. The summed E-state index contributed by atoms with van der Waals surface area (Å²) in [6.45, 7) is 7.43. The van der Waals surface area contributed by atoms with Gasteiger partial charge in [-0.3, -0.25) is 9.69 Å². The molecule has 7 nitrogen and oxygen atoms in total. The first-order chi connectivity index (χ1) is 15.7. The molecule has 32 heavy (non-hydrogen) atoms. The van der Waals surface area contributed by atoms with Gasteiger partial charge in [0.05, 0.1) is 18.7 Å². The molecule has 1 saturated carbocycles. The molecule has 1 aliphatic heterocycles. The zero-order valence-corrected chi connectivity index (χ0v) is 18.4. The minimum atomic E-state index is 0.134. The third kappa shape index (κ3) is 4.89. The van der Waals surface area contributed by atoms with Crippen molar-refractivity contribution in [2.75, 3.05) is 50.0 Å². The van der Waals surface area contributed by atoms with Crippen LogP contribution < -0.4 is 10.6 Å². The molecule has 0 radical (unpaired) electrons. The predicted molar refractivity (Wildman–Crippen MR) is 127 cm³/mol. The van der Waals surface area contributed by atoms with Crippen molar-refractivity contribution in [3.8, 4) is 11.1 Å². The Bertz CT molecular complexity index is 1120. The van der Waals surface area contributed by atoms with Crippen LogP contribution in [0.4, 0.5) is 11.6 Å². The summed E-state index contributed by atoms with van der Waals surface area (Å²) >= 11 is 0. The van der Waals surface area contributed by atoms with Gasteiger partial charge in [0.25, 0.3) is 0 Å². The fourth-order valence-corrected chi connectivity index (χ4v) is 4.09. The Labute approximate surface area is 188 Å². The number of fused-ring (bicyclic) bond motifs is 1. The van der Waals surface area contributed by atoms with Gasteiger partial charge in [0, 0.05) is 49.4 Å². The number of nitrogens with one attached hydrogen (secondary N) is 2. The lowest BCUT2D eigenvalue weighted by molar-refractivity contribution is -0.117. The molecule has 2 aliphatic rings. The number of amides is 1. The number of ether oxygens (including phenoxy) is 1. The van der Waals surface area contributed by atoms with Crippen molar-refractivity contribution in [2.45, 2.75) is 19.8 Å². The molecular formula is C25H29N5O2. The fraction of sp³-hybridized carbons (Fsp3) is 0.400. The lowest BCUT2D eigenvalue weighted by Gasteiger charge is -2.26. The quantitative estimate of drug-likeness (QED) is 0.594. The van der Waals surface area contributed by atoms with Crippen LogP contribution in [-0.4, -0.2) is 60.2 Å². The van der Waals surface area contributed by atoms with Crippen LogP contribution in [0.3, 0.4) is 0 Å². The number of hydrogen-bond donors (Lipinski definition) is 2. The van der Waals surface area contributed by atoms with Gasteiger partial charge in [-0.1, -0.05) is 12.1 Å². The first-order valence-corrected chi connectivity index (χ1v) is 11.4. The summed E-state index contributed by atoms with van der Waals surface area (Å²) in [6.07, 6.45) is 3.89. The highest BCUT2D eigenvalue weighted by Crippen LogP contribution is 2.32. The number of rotatable bonds is 7. The van der Waals surface area contributed by atoms with E-state index in [0.717, 1.165) is 85.5 Å². The summed E-state index contributed by atoms with van der Waals surface area (Å²) in [5.41, 5.74) is 5.17. The van der Waals surface area contributed by atoms with Crippen LogP contribution in [0.15, 0.2) is 42.6 Å². The molecule has 0 bridgehead atoms. The van der Waals surface area contributed by atoms with Crippen molar-refractivity contribution >= 4 is 28.4 Å². The number of carbonyl (C=O) groups excluding carboxylic acids is 1. The van der Waals surface area contributed by atoms with Gasteiger partial charge in [0.15, 0.2) is 0 Å². The van der Waals surface area contributed by atoms with Crippen molar-refractivity contribution in [3.63, 3.8) is 0 Å². The van der Waals surface area contributed by atoms with Gasteiger partial charge < -0.3 is 15.4 Å². The maximum Gasteiger partial charge on any atom is 0.227 e. The monoisotopic (exact) mass is 431 g/mol. The zero-order valence-electron chi connectivity index (χ0n) is 18.4. The first-order valence-electron chi connectivity index (χ1n) is 11.4. The molecule has 2 aromatic carbocycles. The van der Waals surface area contributed by atoms with Crippen molar-refractivity contribution < 1.29 is 9.53 Å². The molecule has 0 spiro atoms. The van der Waals surface area contributed by atoms with E-state index < -0.39 is 0 Å². The highest BCUT2D eigenvalue weighted by Gasteiger charge is 2.29. The zero-order chi connectivity index (χ0) is 21.9. The van der Waals surface area contributed by atoms with E-state index >= 15 is 0 Å². The maximum atomic E-state index is 12.0. The van der Waals surface area contributed by atoms with Gasteiger partial charge in [-0.2, -0.15) is 0 Å². The first kappa shape index (κ1) is 20.8. The second kappa shape index (κ2) is 9.22. The average Bonchev–Trinajstić information content (AvgIpc) is 3.65. The molecule has 0 atom stereocenters. The topological polar surface area (TPSA) is 79.4 Å². The second-order valence-electron chi connectivity index (χ2n) is 8.64. The van der Waals surface area contributed by atoms with Gasteiger partial charge >= 0.3 is 0 Å². The number of carbonyl (C=O) groups is 1. The average molecular weight is 432 g/mol. The molecule has 1 aromatic heterocycles. The Hall–Kier alpha value is -3.03. The van der Waals surface area contributed by atoms with E-state index in [4.69, 9.17) is 4.74 Å². The Morgan fingerprint density at radius 3 is 2.78 bits per heavy atom. The number of benzene rings is 2. The van der Waals surface area contributed by atoms with Crippen LogP contribution in [0, 0.1) is 12.8 Å². The van der Waals surface area contributed by atoms with Gasteiger partial charge in [-0.25, -0.2) is 9.97 Å². The Morgan fingerprint density at radius 1 is 1.16 bits per heavy atom. The summed E-state index contributed by atoms with van der Waals surface area (Å²) in [7, 11) is 0. The van der Waals surface area contributed by atoms with Crippen LogP contribution in [0.2, 0.25) is 0 Å². The molecule has 0 unspecified atom stereocenters. The molecule has 1 aliphatic carbocycles. The summed E-state index contributed by atoms with van der Waals surface area (Å²) in [4.78, 5) is 23.6. The standard InChI is InChI=1S/C25H29N5O2/c1-17-14-21(28-24(31)18-2-3-18)5-6-22(17)19-4-7-23-20(15-19)16-27-25(29-23)26-8-9-30-10-12-32-13-11-30/h4-7,14-16,18H,2-3,8-13H2,1H3,(H,28,31)(H,26,27,29). The van der Waals surface area contributed by atoms with E-state index in [2.05, 4.69) is 50.6 Å². The predicted octanol–water partition coefficient (Wildman–Crippen LogP) is 3.70. The van der Waals surface area contributed by atoms with Crippen LogP contribution in [0.25, 0.3) is 22.0 Å². The van der Waals surface area contributed by atoms with Crippen molar-refractivity contribution in [1.82, 2.24) is 14.9 Å². The van der Waals surface area contributed by atoms with Gasteiger partial charge in [-0.05, 0) is 60.7 Å². The molecule has 2 N–H and O–H groups in total. The molecule has 5 rings (SSSR count). The van der Waals surface area contributed by atoms with Crippen LogP contribution in [0.1, 0.15) is 18.4 Å². The maximum absolute atomic E-state index is 12.0. The molecule has 2 fully saturated rings. The number of morpholine rings is 1. The molecular weight excluding hydrogens is 402 g/mol. The van der Waals surface area contributed by atoms with Gasteiger partial charge in [-0.15, -0.1) is 0 Å². The van der Waals surface area contributed by atoms with E-state index in [0.29, 0.717) is 5.95 Å². The molecule has 7 heteroatoms. The lowest BCUT2D eigenvalue weighted by Crippen LogP contribution is -2.39. The Balaban J connectivity index is 1.26. The van der Waals surface area contributed by atoms with E-state index in [1.54, 1.807) is 0 Å². The number of aromatic nitrogens is 2. The highest BCUT2D eigenvalue weighted by molar-refractivity contribution is 5.94. The van der Waals surface area contributed by atoms with E-state index in [9.17, 15) is 4.79 Å². The van der Waals surface area contributed by atoms with Gasteiger partial charge in [0.1, 0.15) is 0 Å². The van der Waals surface area contributed by atoms with E-state index in [1.807, 2.05) is 24.4 Å². The van der Waals surface area contributed by atoms with Crippen molar-refractivity contribution in [1.29, 1.82) is 0 Å². The third-order valence-electron chi connectivity index (χ3n) is 6.15. The largest absolute Gasteiger partial charge is 0.379 e. The number of aryl methyl sites for hydroxylation is 1. The minimum Gasteiger partial charge on any atom is -0.379 e. The smallest absolute Gasteiger partial charge is 0.227 e. The van der Waals surface area contributed by atoms with Crippen LogP contribution >= 0.6 is 0 Å². The highest BCUT2D eigenvalue weighted by atomic mass is 16.5. The summed E-state index contributed by atoms with van der Waals surface area (Å²) in [6, 6.07) is 12.3. The summed E-state index contributed by atoms with van der Waals surface area (Å²) < 4.78 is 5.39.